The summed E-state index contributed by atoms with van der Waals surface area (Å²) in [5.41, 5.74) is -0.0610. The van der Waals surface area contributed by atoms with Gasteiger partial charge >= 0.3 is 0 Å². The fourth-order valence-electron chi connectivity index (χ4n) is 3.52. The maximum Gasteiger partial charge on any atom is 0.229 e. The normalized spacial score (nSPS) is 20.8. The van der Waals surface area contributed by atoms with Gasteiger partial charge in [0.25, 0.3) is 0 Å². The third kappa shape index (κ3) is 3.70. The van der Waals surface area contributed by atoms with Gasteiger partial charge in [-0.15, -0.1) is 0 Å². The van der Waals surface area contributed by atoms with E-state index in [1.165, 1.54) is 0 Å². The minimum Gasteiger partial charge on any atom is -0.497 e. The first-order chi connectivity index (χ1) is 11.9. The van der Waals surface area contributed by atoms with Crippen molar-refractivity contribution in [3.8, 4) is 5.75 Å². The van der Waals surface area contributed by atoms with Gasteiger partial charge < -0.3 is 14.4 Å². The zero-order chi connectivity index (χ0) is 18.0. The second-order valence-corrected chi connectivity index (χ2v) is 7.21. The molecule has 25 heavy (non-hydrogen) atoms. The molecule has 2 heterocycles. The summed E-state index contributed by atoms with van der Waals surface area (Å²) < 4.78 is 10.5. The van der Waals surface area contributed by atoms with Crippen LogP contribution in [0.1, 0.15) is 56.8 Å². The molecule has 1 aromatic heterocycles. The van der Waals surface area contributed by atoms with Crippen molar-refractivity contribution in [1.29, 1.82) is 0 Å². The Morgan fingerprint density at radius 1 is 1.36 bits per heavy atom. The molecule has 0 radical (unpaired) electrons. The maximum atomic E-state index is 11.2. The van der Waals surface area contributed by atoms with Gasteiger partial charge in [0.2, 0.25) is 5.89 Å². The smallest absolute Gasteiger partial charge is 0.229 e. The Kier molecular flexibility index (Phi) is 5.11. The van der Waals surface area contributed by atoms with Gasteiger partial charge in [-0.2, -0.15) is 4.98 Å². The fraction of sp³-hybridized carbons (Fsp3) is 0.579. The predicted octanol–water partition coefficient (Wildman–Crippen LogP) is 3.07. The molecule has 6 heteroatoms. The van der Waals surface area contributed by atoms with Gasteiger partial charge in [-0.05, 0) is 44.0 Å². The Labute approximate surface area is 148 Å². The summed E-state index contributed by atoms with van der Waals surface area (Å²) in [7, 11) is 1.64. The monoisotopic (exact) mass is 345 g/mol. The number of nitrogens with zero attached hydrogens (tertiary/aromatic N) is 3. The highest BCUT2D eigenvalue weighted by atomic mass is 16.5. The molecular weight excluding hydrogens is 318 g/mol. The van der Waals surface area contributed by atoms with E-state index >= 15 is 0 Å². The molecule has 1 saturated heterocycles. The summed E-state index contributed by atoms with van der Waals surface area (Å²) in [6.45, 7) is 7.46. The highest BCUT2D eigenvalue weighted by Crippen LogP contribution is 2.36. The topological polar surface area (TPSA) is 71.6 Å². The summed E-state index contributed by atoms with van der Waals surface area (Å²) in [5.74, 6) is 2.35. The van der Waals surface area contributed by atoms with Crippen LogP contribution in [0.4, 0.5) is 0 Å². The van der Waals surface area contributed by atoms with Crippen molar-refractivity contribution in [3.63, 3.8) is 0 Å². The molecular formula is C19H27N3O3. The molecule has 3 rings (SSSR count). The van der Waals surface area contributed by atoms with Crippen LogP contribution in [0.15, 0.2) is 28.8 Å². The molecule has 0 bridgehead atoms. The van der Waals surface area contributed by atoms with Crippen molar-refractivity contribution in [2.75, 3.05) is 13.7 Å². The Morgan fingerprint density at radius 2 is 2.08 bits per heavy atom. The molecule has 1 aromatic carbocycles. The summed E-state index contributed by atoms with van der Waals surface area (Å²) >= 11 is 0. The molecule has 136 valence electrons. The average Bonchev–Trinajstić information content (AvgIpc) is 3.25. The van der Waals surface area contributed by atoms with E-state index in [2.05, 4.69) is 15.0 Å². The lowest BCUT2D eigenvalue weighted by atomic mass is 9.86. The van der Waals surface area contributed by atoms with Crippen LogP contribution in [-0.4, -0.2) is 39.8 Å². The molecule has 1 aliphatic heterocycles. The summed E-state index contributed by atoms with van der Waals surface area (Å²) in [5, 5.41) is 15.3. The summed E-state index contributed by atoms with van der Waals surface area (Å²) in [4.78, 5) is 6.72. The Balaban J connectivity index is 1.76. The summed E-state index contributed by atoms with van der Waals surface area (Å²) in [6.07, 6.45) is 1.99. The van der Waals surface area contributed by atoms with Crippen LogP contribution >= 0.6 is 0 Å². The Morgan fingerprint density at radius 3 is 2.68 bits per heavy atom. The predicted molar refractivity (Wildman–Crippen MR) is 94.4 cm³/mol. The quantitative estimate of drug-likeness (QED) is 0.867. The lowest BCUT2D eigenvalue weighted by Gasteiger charge is -2.36. The zero-order valence-electron chi connectivity index (χ0n) is 15.4. The van der Waals surface area contributed by atoms with E-state index in [1.807, 2.05) is 45.0 Å². The van der Waals surface area contributed by atoms with Crippen molar-refractivity contribution >= 4 is 0 Å². The van der Waals surface area contributed by atoms with Crippen LogP contribution in [0.25, 0.3) is 0 Å². The SMILES string of the molecule is COc1ccc([C@](C)(O)[C@H]2CCCN2Cc2noc(C(C)C)n2)cc1. The Hall–Kier alpha value is -1.92. The minimum atomic E-state index is -0.951. The van der Waals surface area contributed by atoms with Crippen LogP contribution in [0.2, 0.25) is 0 Å². The fourth-order valence-corrected chi connectivity index (χ4v) is 3.52. The molecule has 0 saturated carbocycles. The van der Waals surface area contributed by atoms with E-state index in [0.717, 1.165) is 30.7 Å². The van der Waals surface area contributed by atoms with E-state index in [4.69, 9.17) is 9.26 Å². The van der Waals surface area contributed by atoms with Gasteiger partial charge in [0.1, 0.15) is 11.4 Å². The molecule has 0 amide bonds. The molecule has 2 aromatic rings. The van der Waals surface area contributed by atoms with Gasteiger partial charge in [0.15, 0.2) is 5.82 Å². The first-order valence-electron chi connectivity index (χ1n) is 8.85. The van der Waals surface area contributed by atoms with E-state index in [-0.39, 0.29) is 12.0 Å². The first kappa shape index (κ1) is 17.9. The van der Waals surface area contributed by atoms with Gasteiger partial charge in [-0.25, -0.2) is 0 Å². The van der Waals surface area contributed by atoms with Crippen molar-refractivity contribution in [1.82, 2.24) is 15.0 Å². The van der Waals surface area contributed by atoms with E-state index in [9.17, 15) is 5.11 Å². The lowest BCUT2D eigenvalue weighted by Crippen LogP contribution is -2.45. The number of hydrogen-bond donors (Lipinski definition) is 1. The molecule has 0 unspecified atom stereocenters. The molecule has 1 aliphatic rings. The van der Waals surface area contributed by atoms with Gasteiger partial charge in [0.05, 0.1) is 13.7 Å². The molecule has 1 N–H and O–H groups in total. The second-order valence-electron chi connectivity index (χ2n) is 7.21. The molecule has 0 aliphatic carbocycles. The number of methoxy groups -OCH3 is 1. The number of aliphatic hydroxyl groups is 1. The molecule has 6 nitrogen and oxygen atoms in total. The third-order valence-corrected chi connectivity index (χ3v) is 5.01. The number of rotatable bonds is 6. The van der Waals surface area contributed by atoms with E-state index < -0.39 is 5.60 Å². The van der Waals surface area contributed by atoms with Crippen molar-refractivity contribution < 1.29 is 14.4 Å². The molecule has 0 spiro atoms. The zero-order valence-corrected chi connectivity index (χ0v) is 15.4. The van der Waals surface area contributed by atoms with Crippen LogP contribution < -0.4 is 4.74 Å². The second kappa shape index (κ2) is 7.14. The van der Waals surface area contributed by atoms with Gasteiger partial charge in [-0.3, -0.25) is 4.90 Å². The number of ether oxygens (including phenoxy) is 1. The summed E-state index contributed by atoms with van der Waals surface area (Å²) in [6, 6.07) is 7.65. The van der Waals surface area contributed by atoms with Crippen LogP contribution in [-0.2, 0) is 12.1 Å². The minimum absolute atomic E-state index is 0.0156. The van der Waals surface area contributed by atoms with Crippen LogP contribution in [0.3, 0.4) is 0 Å². The number of benzene rings is 1. The maximum absolute atomic E-state index is 11.2. The lowest BCUT2D eigenvalue weighted by molar-refractivity contribution is -0.0262. The van der Waals surface area contributed by atoms with E-state index in [0.29, 0.717) is 18.3 Å². The van der Waals surface area contributed by atoms with Crippen molar-refractivity contribution in [2.24, 2.45) is 0 Å². The molecule has 1 fully saturated rings. The highest BCUT2D eigenvalue weighted by molar-refractivity contribution is 5.31. The number of likely N-dealkylation sites (tertiary alicyclic amines) is 1. The Bertz CT molecular complexity index is 694. The van der Waals surface area contributed by atoms with Crippen LogP contribution in [0.5, 0.6) is 5.75 Å². The van der Waals surface area contributed by atoms with E-state index in [1.54, 1.807) is 7.11 Å². The first-order valence-corrected chi connectivity index (χ1v) is 8.85. The standard InChI is InChI=1S/C19H27N3O3/c1-13(2)18-20-17(21-25-18)12-22-11-5-6-16(22)19(3,23)14-7-9-15(24-4)10-8-14/h7-10,13,16,23H,5-6,11-12H2,1-4H3/t16-,19+/m1/s1. The van der Waals surface area contributed by atoms with Gasteiger partial charge in [0, 0.05) is 12.0 Å². The molecule has 2 atom stereocenters. The highest BCUT2D eigenvalue weighted by Gasteiger charge is 2.40. The number of aromatic nitrogens is 2. The van der Waals surface area contributed by atoms with Crippen LogP contribution in [0, 0.1) is 0 Å². The largest absolute Gasteiger partial charge is 0.497 e. The van der Waals surface area contributed by atoms with Crippen molar-refractivity contribution in [2.45, 2.75) is 57.7 Å². The van der Waals surface area contributed by atoms with Crippen molar-refractivity contribution in [3.05, 3.63) is 41.5 Å². The van der Waals surface area contributed by atoms with Gasteiger partial charge in [-0.1, -0.05) is 31.1 Å². The third-order valence-electron chi connectivity index (χ3n) is 5.01. The number of hydrogen-bond acceptors (Lipinski definition) is 6. The average molecular weight is 345 g/mol.